The molecule has 0 aliphatic heterocycles. The summed E-state index contributed by atoms with van der Waals surface area (Å²) in [5.41, 5.74) is 6.73. The van der Waals surface area contributed by atoms with Crippen LogP contribution < -0.4 is 5.73 Å². The van der Waals surface area contributed by atoms with E-state index >= 15 is 0 Å². The molecule has 0 fully saturated rings. The van der Waals surface area contributed by atoms with E-state index < -0.39 is 0 Å². The maximum atomic E-state index is 12.1. The fourth-order valence-electron chi connectivity index (χ4n) is 1.84. The Kier molecular flexibility index (Phi) is 9.41. The van der Waals surface area contributed by atoms with E-state index in [1.165, 1.54) is 17.4 Å². The number of carbonyl (C=O) groups excluding carboxylic acids is 2. The summed E-state index contributed by atoms with van der Waals surface area (Å²) >= 11 is 0. The highest BCUT2D eigenvalue weighted by atomic mass is 35.5. The number of hydrogen-bond donors (Lipinski definition) is 1. The van der Waals surface area contributed by atoms with Gasteiger partial charge in [-0.15, -0.1) is 12.4 Å². The smallest absolute Gasteiger partial charge is 0.242 e. The summed E-state index contributed by atoms with van der Waals surface area (Å²) in [6, 6.07) is 10.00. The zero-order valence-corrected chi connectivity index (χ0v) is 13.4. The zero-order chi connectivity index (χ0) is 15.0. The van der Waals surface area contributed by atoms with Crippen molar-refractivity contribution in [3.8, 4) is 0 Å². The molecule has 0 atom stereocenters. The quantitative estimate of drug-likeness (QED) is 0.814. The molecule has 0 aliphatic carbocycles. The number of likely N-dealkylation sites (N-methyl/N-ethyl adjacent to an activating group) is 1. The van der Waals surface area contributed by atoms with Gasteiger partial charge in [-0.05, 0) is 12.0 Å². The fraction of sp³-hybridized carbons (Fsp3) is 0.467. The van der Waals surface area contributed by atoms with E-state index in [9.17, 15) is 9.59 Å². The van der Waals surface area contributed by atoms with Crippen molar-refractivity contribution < 1.29 is 9.59 Å². The zero-order valence-electron chi connectivity index (χ0n) is 12.6. The second-order valence-electron chi connectivity index (χ2n) is 4.78. The van der Waals surface area contributed by atoms with Gasteiger partial charge < -0.3 is 15.5 Å². The second kappa shape index (κ2) is 10.2. The highest BCUT2D eigenvalue weighted by Crippen LogP contribution is 2.02. The second-order valence-corrected chi connectivity index (χ2v) is 4.78. The van der Waals surface area contributed by atoms with Crippen LogP contribution in [0.5, 0.6) is 0 Å². The molecule has 0 radical (unpaired) electrons. The summed E-state index contributed by atoms with van der Waals surface area (Å²) in [6.07, 6.45) is 0.788. The molecular formula is C15H24ClN3O2. The summed E-state index contributed by atoms with van der Waals surface area (Å²) < 4.78 is 0. The molecule has 0 bridgehead atoms. The first-order valence-corrected chi connectivity index (χ1v) is 6.78. The molecule has 0 saturated carbocycles. The van der Waals surface area contributed by atoms with Gasteiger partial charge in [-0.25, -0.2) is 0 Å². The summed E-state index contributed by atoms with van der Waals surface area (Å²) in [4.78, 5) is 26.4. The molecule has 1 aromatic rings. The van der Waals surface area contributed by atoms with E-state index in [1.54, 1.807) is 11.9 Å². The Labute approximate surface area is 132 Å². The molecule has 5 nitrogen and oxygen atoms in total. The summed E-state index contributed by atoms with van der Waals surface area (Å²) in [7, 11) is 1.62. The highest BCUT2D eigenvalue weighted by molar-refractivity contribution is 5.85. The van der Waals surface area contributed by atoms with Crippen LogP contribution in [0.2, 0.25) is 0 Å². The Balaban J connectivity index is 0.00000400. The minimum absolute atomic E-state index is 0. The van der Waals surface area contributed by atoms with Gasteiger partial charge >= 0.3 is 0 Å². The third-order valence-corrected chi connectivity index (χ3v) is 3.17. The predicted octanol–water partition coefficient (Wildman–Crippen LogP) is 0.917. The van der Waals surface area contributed by atoms with Crippen LogP contribution in [0.3, 0.4) is 0 Å². The Bertz CT molecular complexity index is 440. The lowest BCUT2D eigenvalue weighted by molar-refractivity contribution is -0.138. The van der Waals surface area contributed by atoms with Gasteiger partial charge in [0.2, 0.25) is 11.8 Å². The Hall–Kier alpha value is -1.59. The molecule has 2 N–H and O–H groups in total. The van der Waals surface area contributed by atoms with Crippen molar-refractivity contribution in [1.82, 2.24) is 9.80 Å². The average Bonchev–Trinajstić information content (AvgIpc) is 2.44. The standard InChI is InChI=1S/C15H23N3O2.ClH/c1-13(19)17(2)12-15(20)18(11-9-16)10-8-14-6-4-3-5-7-14;/h3-7H,8-12,16H2,1-2H3;1H. The number of benzene rings is 1. The molecule has 0 heterocycles. The van der Waals surface area contributed by atoms with Crippen molar-refractivity contribution in [2.24, 2.45) is 5.73 Å². The van der Waals surface area contributed by atoms with Crippen molar-refractivity contribution in [2.45, 2.75) is 13.3 Å². The number of nitrogens with two attached hydrogens (primary N) is 1. The van der Waals surface area contributed by atoms with E-state index in [-0.39, 0.29) is 30.8 Å². The first-order valence-electron chi connectivity index (χ1n) is 6.78. The number of rotatable bonds is 7. The number of hydrogen-bond acceptors (Lipinski definition) is 3. The number of halogens is 1. The lowest BCUT2D eigenvalue weighted by atomic mass is 10.1. The van der Waals surface area contributed by atoms with Crippen molar-refractivity contribution in [2.75, 3.05) is 33.2 Å². The molecule has 0 aromatic heterocycles. The molecular weight excluding hydrogens is 290 g/mol. The minimum Gasteiger partial charge on any atom is -0.340 e. The van der Waals surface area contributed by atoms with E-state index in [2.05, 4.69) is 0 Å². The maximum Gasteiger partial charge on any atom is 0.242 e. The van der Waals surface area contributed by atoms with Crippen molar-refractivity contribution >= 4 is 24.2 Å². The van der Waals surface area contributed by atoms with Crippen molar-refractivity contribution in [3.63, 3.8) is 0 Å². The Morgan fingerprint density at radius 3 is 2.29 bits per heavy atom. The SMILES string of the molecule is CC(=O)N(C)CC(=O)N(CCN)CCc1ccccc1.Cl. The molecule has 1 aromatic carbocycles. The average molecular weight is 314 g/mol. The maximum absolute atomic E-state index is 12.1. The van der Waals surface area contributed by atoms with Crippen LogP contribution in [0.4, 0.5) is 0 Å². The third kappa shape index (κ3) is 7.11. The summed E-state index contributed by atoms with van der Waals surface area (Å²) in [5, 5.41) is 0. The van der Waals surface area contributed by atoms with Gasteiger partial charge in [0.1, 0.15) is 0 Å². The van der Waals surface area contributed by atoms with Crippen LogP contribution in [0.1, 0.15) is 12.5 Å². The van der Waals surface area contributed by atoms with Crippen LogP contribution in [0.15, 0.2) is 30.3 Å². The Morgan fingerprint density at radius 2 is 1.76 bits per heavy atom. The fourth-order valence-corrected chi connectivity index (χ4v) is 1.84. The molecule has 118 valence electrons. The van der Waals surface area contributed by atoms with Gasteiger partial charge in [-0.1, -0.05) is 30.3 Å². The van der Waals surface area contributed by atoms with Gasteiger partial charge in [0, 0.05) is 33.6 Å². The normalized spacial score (nSPS) is 9.67. The molecule has 0 spiro atoms. The molecule has 2 amide bonds. The van der Waals surface area contributed by atoms with Gasteiger partial charge in [0.05, 0.1) is 6.54 Å². The van der Waals surface area contributed by atoms with Crippen LogP contribution >= 0.6 is 12.4 Å². The van der Waals surface area contributed by atoms with Gasteiger partial charge in [0.15, 0.2) is 0 Å². The summed E-state index contributed by atoms with van der Waals surface area (Å²) in [5.74, 6) is -0.182. The lowest BCUT2D eigenvalue weighted by Gasteiger charge is -2.24. The van der Waals surface area contributed by atoms with Gasteiger partial charge in [-0.3, -0.25) is 9.59 Å². The number of carbonyl (C=O) groups is 2. The highest BCUT2D eigenvalue weighted by Gasteiger charge is 2.16. The number of amides is 2. The lowest BCUT2D eigenvalue weighted by Crippen LogP contribution is -2.43. The summed E-state index contributed by atoms with van der Waals surface area (Å²) in [6.45, 7) is 3.10. The van der Waals surface area contributed by atoms with E-state index in [1.807, 2.05) is 30.3 Å². The van der Waals surface area contributed by atoms with E-state index in [0.717, 1.165) is 6.42 Å². The van der Waals surface area contributed by atoms with Crippen molar-refractivity contribution in [1.29, 1.82) is 0 Å². The molecule has 0 aliphatic rings. The van der Waals surface area contributed by atoms with E-state index in [0.29, 0.717) is 19.6 Å². The molecule has 6 heteroatoms. The number of nitrogens with zero attached hydrogens (tertiary/aromatic N) is 2. The van der Waals surface area contributed by atoms with Crippen LogP contribution in [0, 0.1) is 0 Å². The molecule has 21 heavy (non-hydrogen) atoms. The van der Waals surface area contributed by atoms with Crippen LogP contribution in [-0.2, 0) is 16.0 Å². The first kappa shape index (κ1) is 19.4. The molecule has 0 unspecified atom stereocenters. The molecule has 1 rings (SSSR count). The largest absolute Gasteiger partial charge is 0.340 e. The topological polar surface area (TPSA) is 66.6 Å². The monoisotopic (exact) mass is 313 g/mol. The van der Waals surface area contributed by atoms with E-state index in [4.69, 9.17) is 5.73 Å². The van der Waals surface area contributed by atoms with Gasteiger partial charge in [-0.2, -0.15) is 0 Å². The minimum atomic E-state index is -0.117. The van der Waals surface area contributed by atoms with Crippen LogP contribution in [0.25, 0.3) is 0 Å². The Morgan fingerprint density at radius 1 is 1.14 bits per heavy atom. The molecule has 0 saturated heterocycles. The van der Waals surface area contributed by atoms with Gasteiger partial charge in [0.25, 0.3) is 0 Å². The first-order chi connectivity index (χ1) is 9.54. The van der Waals surface area contributed by atoms with Crippen LogP contribution in [-0.4, -0.2) is 54.8 Å². The van der Waals surface area contributed by atoms with Crippen molar-refractivity contribution in [3.05, 3.63) is 35.9 Å². The third-order valence-electron chi connectivity index (χ3n) is 3.17. The predicted molar refractivity (Wildman–Crippen MR) is 86.3 cm³/mol.